The highest BCUT2D eigenvalue weighted by molar-refractivity contribution is 5.56. The first-order valence-corrected chi connectivity index (χ1v) is 5.15. The molecule has 13 heavy (non-hydrogen) atoms. The van der Waals surface area contributed by atoms with Crippen molar-refractivity contribution in [2.45, 2.75) is 32.6 Å². The molecule has 0 fully saturated rings. The lowest BCUT2D eigenvalue weighted by molar-refractivity contribution is 0.684. The molecule has 0 aromatic heterocycles. The number of fused-ring (bicyclic) bond motifs is 1. The Kier molecular flexibility index (Phi) is 2.49. The summed E-state index contributed by atoms with van der Waals surface area (Å²) in [5.41, 5.74) is 4.59. The largest absolute Gasteiger partial charge is 0.0871 e. The van der Waals surface area contributed by atoms with Crippen LogP contribution in [0.2, 0.25) is 0 Å². The smallest absolute Gasteiger partial charge is 0.0225 e. The number of benzene rings is 1. The Balaban J connectivity index is 2.45. The molecule has 0 nitrogen and oxygen atoms in total. The molecule has 0 heterocycles. The summed E-state index contributed by atoms with van der Waals surface area (Å²) >= 11 is 0. The molecule has 0 unspecified atom stereocenters. The molecule has 0 N–H and O–H groups in total. The van der Waals surface area contributed by atoms with Gasteiger partial charge in [-0.2, -0.15) is 0 Å². The van der Waals surface area contributed by atoms with Crippen LogP contribution >= 0.6 is 0 Å². The maximum Gasteiger partial charge on any atom is -0.0225 e. The number of allylic oxidation sites excluding steroid dienone is 1. The number of hydrogen-bond acceptors (Lipinski definition) is 0. The van der Waals surface area contributed by atoms with Gasteiger partial charge in [-0.05, 0) is 49.3 Å². The second kappa shape index (κ2) is 3.78. The first-order chi connectivity index (χ1) is 6.42. The van der Waals surface area contributed by atoms with E-state index >= 15 is 0 Å². The highest BCUT2D eigenvalue weighted by Gasteiger charge is 2.10. The predicted molar refractivity (Wildman–Crippen MR) is 57.8 cm³/mol. The van der Waals surface area contributed by atoms with E-state index in [1.165, 1.54) is 31.2 Å². The van der Waals surface area contributed by atoms with Crippen LogP contribution in [0.25, 0.3) is 6.08 Å². The summed E-state index contributed by atoms with van der Waals surface area (Å²) in [6.45, 7) is 2.09. The van der Waals surface area contributed by atoms with E-state index in [0.29, 0.717) is 0 Å². The van der Waals surface area contributed by atoms with Crippen LogP contribution in [0.5, 0.6) is 0 Å². The Morgan fingerprint density at radius 2 is 2.00 bits per heavy atom. The van der Waals surface area contributed by atoms with E-state index in [-0.39, 0.29) is 0 Å². The SMILES string of the molecule is C/C=C/c1cccc2c1CCCC2. The van der Waals surface area contributed by atoms with Gasteiger partial charge in [-0.25, -0.2) is 0 Å². The quantitative estimate of drug-likeness (QED) is 0.607. The average molecular weight is 172 g/mol. The molecule has 0 saturated heterocycles. The van der Waals surface area contributed by atoms with Crippen molar-refractivity contribution >= 4 is 6.08 Å². The van der Waals surface area contributed by atoms with Gasteiger partial charge in [-0.15, -0.1) is 0 Å². The molecule has 2 rings (SSSR count). The van der Waals surface area contributed by atoms with Crippen molar-refractivity contribution in [3.05, 3.63) is 41.0 Å². The van der Waals surface area contributed by atoms with Crippen LogP contribution in [0.3, 0.4) is 0 Å². The summed E-state index contributed by atoms with van der Waals surface area (Å²) in [6, 6.07) is 6.69. The molecule has 0 spiro atoms. The Bertz CT molecular complexity index is 321. The Labute approximate surface area is 80.3 Å². The maximum absolute atomic E-state index is 2.28. The first kappa shape index (κ1) is 8.55. The fourth-order valence-corrected chi connectivity index (χ4v) is 2.15. The van der Waals surface area contributed by atoms with Crippen molar-refractivity contribution in [2.75, 3.05) is 0 Å². The van der Waals surface area contributed by atoms with Crippen LogP contribution in [-0.2, 0) is 12.8 Å². The Hall–Kier alpha value is -1.04. The van der Waals surface area contributed by atoms with Gasteiger partial charge in [0.1, 0.15) is 0 Å². The Morgan fingerprint density at radius 1 is 1.15 bits per heavy atom. The van der Waals surface area contributed by atoms with Crippen molar-refractivity contribution in [2.24, 2.45) is 0 Å². The second-order valence-corrected chi connectivity index (χ2v) is 3.69. The van der Waals surface area contributed by atoms with Gasteiger partial charge in [0.05, 0.1) is 0 Å². The molecule has 0 heteroatoms. The molecule has 0 radical (unpaired) electrons. The number of hydrogen-bond donors (Lipinski definition) is 0. The molecule has 0 aliphatic heterocycles. The summed E-state index contributed by atoms with van der Waals surface area (Å²) in [4.78, 5) is 0. The molecule has 1 aromatic carbocycles. The summed E-state index contributed by atoms with van der Waals surface area (Å²) in [6.07, 6.45) is 9.64. The highest BCUT2D eigenvalue weighted by atomic mass is 14.2. The van der Waals surface area contributed by atoms with E-state index in [9.17, 15) is 0 Å². The lowest BCUT2D eigenvalue weighted by Crippen LogP contribution is -2.03. The van der Waals surface area contributed by atoms with Crippen molar-refractivity contribution in [3.63, 3.8) is 0 Å². The van der Waals surface area contributed by atoms with Gasteiger partial charge in [0.2, 0.25) is 0 Å². The predicted octanol–water partition coefficient (Wildman–Crippen LogP) is 3.60. The van der Waals surface area contributed by atoms with E-state index in [1.54, 1.807) is 11.1 Å². The zero-order valence-electron chi connectivity index (χ0n) is 8.22. The van der Waals surface area contributed by atoms with Gasteiger partial charge in [0.15, 0.2) is 0 Å². The molecular formula is C13H16. The highest BCUT2D eigenvalue weighted by Crippen LogP contribution is 2.25. The summed E-state index contributed by atoms with van der Waals surface area (Å²) in [7, 11) is 0. The van der Waals surface area contributed by atoms with Crippen LogP contribution < -0.4 is 0 Å². The fourth-order valence-electron chi connectivity index (χ4n) is 2.15. The molecule has 0 bridgehead atoms. The monoisotopic (exact) mass is 172 g/mol. The average Bonchev–Trinajstić information content (AvgIpc) is 2.19. The van der Waals surface area contributed by atoms with E-state index < -0.39 is 0 Å². The van der Waals surface area contributed by atoms with Crippen molar-refractivity contribution in [1.29, 1.82) is 0 Å². The third-order valence-electron chi connectivity index (χ3n) is 2.78. The normalized spacial score (nSPS) is 16.1. The molecule has 68 valence electrons. The van der Waals surface area contributed by atoms with E-state index in [1.807, 2.05) is 0 Å². The minimum absolute atomic E-state index is 1.27. The van der Waals surface area contributed by atoms with Gasteiger partial charge in [-0.3, -0.25) is 0 Å². The fraction of sp³-hybridized carbons (Fsp3) is 0.385. The maximum atomic E-state index is 2.28. The summed E-state index contributed by atoms with van der Waals surface area (Å²) < 4.78 is 0. The molecule has 0 amide bonds. The first-order valence-electron chi connectivity index (χ1n) is 5.15. The molecule has 0 atom stereocenters. The lowest BCUT2D eigenvalue weighted by Gasteiger charge is -2.17. The molecule has 1 aliphatic carbocycles. The summed E-state index contributed by atoms with van der Waals surface area (Å²) in [5.74, 6) is 0. The van der Waals surface area contributed by atoms with Crippen molar-refractivity contribution in [3.8, 4) is 0 Å². The van der Waals surface area contributed by atoms with Gasteiger partial charge in [-0.1, -0.05) is 30.4 Å². The summed E-state index contributed by atoms with van der Waals surface area (Å²) in [5, 5.41) is 0. The molecular weight excluding hydrogens is 156 g/mol. The van der Waals surface area contributed by atoms with Gasteiger partial charge < -0.3 is 0 Å². The third kappa shape index (κ3) is 1.67. The topological polar surface area (TPSA) is 0 Å². The van der Waals surface area contributed by atoms with Crippen LogP contribution in [0.4, 0.5) is 0 Å². The number of aryl methyl sites for hydroxylation is 1. The number of rotatable bonds is 1. The minimum Gasteiger partial charge on any atom is -0.0871 e. The van der Waals surface area contributed by atoms with Gasteiger partial charge in [0.25, 0.3) is 0 Å². The second-order valence-electron chi connectivity index (χ2n) is 3.69. The van der Waals surface area contributed by atoms with E-state index in [4.69, 9.17) is 0 Å². The Morgan fingerprint density at radius 3 is 2.85 bits per heavy atom. The van der Waals surface area contributed by atoms with Crippen LogP contribution in [0.15, 0.2) is 24.3 Å². The van der Waals surface area contributed by atoms with Gasteiger partial charge in [0, 0.05) is 0 Å². The van der Waals surface area contributed by atoms with Crippen LogP contribution in [-0.4, -0.2) is 0 Å². The third-order valence-corrected chi connectivity index (χ3v) is 2.78. The van der Waals surface area contributed by atoms with E-state index in [0.717, 1.165) is 0 Å². The molecule has 0 saturated carbocycles. The minimum atomic E-state index is 1.27. The van der Waals surface area contributed by atoms with Crippen molar-refractivity contribution < 1.29 is 0 Å². The van der Waals surface area contributed by atoms with Gasteiger partial charge >= 0.3 is 0 Å². The zero-order chi connectivity index (χ0) is 9.10. The molecule has 1 aromatic rings. The standard InChI is InChI=1S/C13H16/c1-2-6-11-8-5-9-12-7-3-4-10-13(11)12/h2,5-6,8-9H,3-4,7,10H2,1H3/b6-2+. The lowest BCUT2D eigenvalue weighted by atomic mass is 9.88. The van der Waals surface area contributed by atoms with E-state index in [2.05, 4.69) is 37.3 Å². The van der Waals surface area contributed by atoms with Crippen molar-refractivity contribution in [1.82, 2.24) is 0 Å². The van der Waals surface area contributed by atoms with Crippen LogP contribution in [0, 0.1) is 0 Å². The van der Waals surface area contributed by atoms with Crippen LogP contribution in [0.1, 0.15) is 36.5 Å². The molecule has 1 aliphatic rings. The zero-order valence-corrected chi connectivity index (χ0v) is 8.22.